The van der Waals surface area contributed by atoms with Gasteiger partial charge < -0.3 is 8.98 Å². The molecule has 0 spiro atoms. The summed E-state index contributed by atoms with van der Waals surface area (Å²) in [4.78, 5) is 12.5. The number of rotatable bonds is 3. The Kier molecular flexibility index (Phi) is 4.13. The lowest BCUT2D eigenvalue weighted by atomic mass is 10.1. The molecular weight excluding hydrogens is 386 g/mol. The summed E-state index contributed by atoms with van der Waals surface area (Å²) in [6, 6.07) is 13.5. The normalized spacial score (nSPS) is 13.3. The molecule has 0 amide bonds. The van der Waals surface area contributed by atoms with Crippen molar-refractivity contribution in [1.29, 1.82) is 0 Å². The first-order valence-electron chi connectivity index (χ1n) is 8.30. The van der Waals surface area contributed by atoms with E-state index in [1.807, 2.05) is 24.3 Å². The summed E-state index contributed by atoms with van der Waals surface area (Å²) in [7, 11) is -1.93. The van der Waals surface area contributed by atoms with Gasteiger partial charge in [-0.25, -0.2) is 13.2 Å². The van der Waals surface area contributed by atoms with Gasteiger partial charge in [0.25, 0.3) is 0 Å². The summed E-state index contributed by atoms with van der Waals surface area (Å²) in [6.45, 7) is 1.60. The second-order valence-corrected chi connectivity index (χ2v) is 9.12. The van der Waals surface area contributed by atoms with E-state index in [9.17, 15) is 13.2 Å². The van der Waals surface area contributed by atoms with Crippen LogP contribution in [0.15, 0.2) is 68.9 Å². The van der Waals surface area contributed by atoms with E-state index < -0.39 is 20.7 Å². The molecule has 2 aromatic heterocycles. The molecule has 4 aromatic rings. The Hall–Kier alpha value is -2.57. The lowest BCUT2D eigenvalue weighted by Crippen LogP contribution is -2.13. The van der Waals surface area contributed by atoms with E-state index in [-0.39, 0.29) is 4.90 Å². The first-order valence-corrected chi connectivity index (χ1v) is 10.2. The van der Waals surface area contributed by atoms with Crippen LogP contribution in [0.5, 0.6) is 0 Å². The smallest absolute Gasteiger partial charge is 0.360 e. The quantitative estimate of drug-likeness (QED) is 0.507. The molecule has 0 fully saturated rings. The number of benzene rings is 2. The monoisotopic (exact) mass is 401 g/mol. The average molecular weight is 402 g/mol. The number of nitrogens with zero attached hydrogens (tertiary/aromatic N) is 1. The second kappa shape index (κ2) is 6.25. The van der Waals surface area contributed by atoms with Crippen LogP contribution < -0.4 is 5.63 Å². The number of hydrogen-bond donors (Lipinski definition) is 0. The number of para-hydroxylation sites is 1. The second-order valence-electron chi connectivity index (χ2n) is 6.42. The molecule has 0 aliphatic carbocycles. The third kappa shape index (κ3) is 2.67. The molecule has 0 bridgehead atoms. The van der Waals surface area contributed by atoms with Crippen LogP contribution in [0, 0.1) is 0 Å². The van der Waals surface area contributed by atoms with E-state index >= 15 is 0 Å². The number of fused-ring (bicyclic) bond motifs is 3. The summed E-state index contributed by atoms with van der Waals surface area (Å²) in [5, 5.41) is 0.977. The van der Waals surface area contributed by atoms with Gasteiger partial charge in [-0.05, 0) is 37.3 Å². The largest absolute Gasteiger partial charge is 0.429 e. The summed E-state index contributed by atoms with van der Waals surface area (Å²) >= 11 is 5.87. The van der Waals surface area contributed by atoms with E-state index in [4.69, 9.17) is 16.0 Å². The first kappa shape index (κ1) is 17.8. The minimum Gasteiger partial charge on any atom is -0.429 e. The molecule has 138 valence electrons. The van der Waals surface area contributed by atoms with E-state index in [0.29, 0.717) is 21.5 Å². The van der Waals surface area contributed by atoms with Gasteiger partial charge in [-0.3, -0.25) is 0 Å². The summed E-state index contributed by atoms with van der Waals surface area (Å²) in [6.07, 6.45) is 1.26. The van der Waals surface area contributed by atoms with Crippen molar-refractivity contribution in [2.24, 2.45) is 7.05 Å². The minimum absolute atomic E-state index is 0.166. The van der Waals surface area contributed by atoms with Gasteiger partial charge in [0.2, 0.25) is 0 Å². The molecule has 4 rings (SSSR count). The van der Waals surface area contributed by atoms with Gasteiger partial charge in [-0.1, -0.05) is 29.8 Å². The zero-order chi connectivity index (χ0) is 19.3. The van der Waals surface area contributed by atoms with Crippen molar-refractivity contribution in [2.75, 3.05) is 0 Å². The number of aryl methyl sites for hydroxylation is 1. The molecule has 27 heavy (non-hydrogen) atoms. The van der Waals surface area contributed by atoms with Crippen LogP contribution in [0.3, 0.4) is 0 Å². The lowest BCUT2D eigenvalue weighted by Gasteiger charge is -2.14. The Balaban J connectivity index is 2.02. The van der Waals surface area contributed by atoms with Crippen molar-refractivity contribution in [3.63, 3.8) is 0 Å². The Labute approximate surface area is 160 Å². The van der Waals surface area contributed by atoms with Gasteiger partial charge in [0, 0.05) is 33.9 Å². The van der Waals surface area contributed by atoms with Gasteiger partial charge in [0.1, 0.15) is 11.8 Å². The number of sulfone groups is 1. The fourth-order valence-corrected chi connectivity index (χ4v) is 5.01. The van der Waals surface area contributed by atoms with Crippen LogP contribution in [0.4, 0.5) is 0 Å². The molecule has 0 radical (unpaired) electrons. The highest BCUT2D eigenvalue weighted by Gasteiger charge is 2.29. The highest BCUT2D eigenvalue weighted by Crippen LogP contribution is 2.36. The van der Waals surface area contributed by atoms with Crippen LogP contribution in [0.25, 0.3) is 21.8 Å². The third-order valence-corrected chi connectivity index (χ3v) is 7.29. The Bertz CT molecular complexity index is 1330. The maximum absolute atomic E-state index is 13.1. The Morgan fingerprint density at radius 2 is 1.74 bits per heavy atom. The SMILES string of the molecule is C[C@@H](c1coc(=O)c2c1c1ccccc1n2C)S(=O)(=O)c1ccc(Cl)cc1. The minimum atomic E-state index is -3.70. The molecule has 0 saturated heterocycles. The van der Waals surface area contributed by atoms with Crippen molar-refractivity contribution >= 4 is 43.2 Å². The predicted octanol–water partition coefficient (Wildman–Crippen LogP) is 4.47. The van der Waals surface area contributed by atoms with Crippen molar-refractivity contribution < 1.29 is 12.8 Å². The van der Waals surface area contributed by atoms with Crippen molar-refractivity contribution in [2.45, 2.75) is 17.1 Å². The number of halogens is 1. The predicted molar refractivity (Wildman–Crippen MR) is 106 cm³/mol. The molecule has 0 saturated carbocycles. The van der Waals surface area contributed by atoms with Crippen molar-refractivity contribution in [1.82, 2.24) is 4.57 Å². The standard InChI is InChI=1S/C20H16ClNO4S/c1-12(27(24,25)14-9-7-13(21)8-10-14)16-11-26-20(23)19-18(16)15-5-3-4-6-17(15)22(19)2/h3-12H,1-2H3/t12-/m0/s1. The first-order chi connectivity index (χ1) is 12.8. The Morgan fingerprint density at radius 1 is 1.07 bits per heavy atom. The third-order valence-electron chi connectivity index (χ3n) is 4.93. The van der Waals surface area contributed by atoms with Gasteiger partial charge in [0.05, 0.1) is 10.1 Å². The van der Waals surface area contributed by atoms with Crippen LogP contribution in [-0.2, 0) is 16.9 Å². The zero-order valence-electron chi connectivity index (χ0n) is 14.6. The molecule has 0 aliphatic rings. The number of hydrogen-bond acceptors (Lipinski definition) is 4. The summed E-state index contributed by atoms with van der Waals surface area (Å²) in [5.74, 6) is 0. The van der Waals surface area contributed by atoms with Crippen molar-refractivity contribution in [3.8, 4) is 0 Å². The van der Waals surface area contributed by atoms with E-state index in [1.54, 1.807) is 30.7 Å². The molecule has 7 heteroatoms. The molecule has 0 unspecified atom stereocenters. The highest BCUT2D eigenvalue weighted by molar-refractivity contribution is 7.91. The van der Waals surface area contributed by atoms with Crippen molar-refractivity contribution in [3.05, 3.63) is 75.8 Å². The molecule has 5 nitrogen and oxygen atoms in total. The highest BCUT2D eigenvalue weighted by atomic mass is 35.5. The summed E-state index contributed by atoms with van der Waals surface area (Å²) in [5.41, 5.74) is 1.15. The van der Waals surface area contributed by atoms with Crippen LogP contribution in [0.1, 0.15) is 17.7 Å². The van der Waals surface area contributed by atoms with E-state index in [0.717, 1.165) is 10.9 Å². The molecule has 2 heterocycles. The maximum atomic E-state index is 13.1. The van der Waals surface area contributed by atoms with Gasteiger partial charge in [-0.2, -0.15) is 0 Å². The Morgan fingerprint density at radius 3 is 2.44 bits per heavy atom. The van der Waals surface area contributed by atoms with Crippen LogP contribution in [-0.4, -0.2) is 13.0 Å². The average Bonchev–Trinajstić information content (AvgIpc) is 2.96. The van der Waals surface area contributed by atoms with Gasteiger partial charge >= 0.3 is 5.63 Å². The van der Waals surface area contributed by atoms with Crippen LogP contribution >= 0.6 is 11.6 Å². The topological polar surface area (TPSA) is 69.3 Å². The molecular formula is C20H16ClNO4S. The van der Waals surface area contributed by atoms with E-state index in [2.05, 4.69) is 0 Å². The van der Waals surface area contributed by atoms with E-state index in [1.165, 1.54) is 18.4 Å². The van der Waals surface area contributed by atoms with Gasteiger partial charge in [-0.15, -0.1) is 0 Å². The zero-order valence-corrected chi connectivity index (χ0v) is 16.2. The summed E-state index contributed by atoms with van der Waals surface area (Å²) < 4.78 is 33.2. The fraction of sp³-hybridized carbons (Fsp3) is 0.150. The van der Waals surface area contributed by atoms with Gasteiger partial charge in [0.15, 0.2) is 9.84 Å². The molecule has 0 aliphatic heterocycles. The molecule has 0 N–H and O–H groups in total. The van der Waals surface area contributed by atoms with Crippen LogP contribution in [0.2, 0.25) is 5.02 Å². The lowest BCUT2D eigenvalue weighted by molar-refractivity contribution is 0.508. The molecule has 2 aromatic carbocycles. The maximum Gasteiger partial charge on any atom is 0.360 e. The molecule has 1 atom stereocenters. The fourth-order valence-electron chi connectivity index (χ4n) is 3.45. The number of aromatic nitrogens is 1.